The highest BCUT2D eigenvalue weighted by molar-refractivity contribution is 5.30. The maximum atomic E-state index is 14.5. The molecule has 1 N–H and O–H groups in total. The first-order chi connectivity index (χ1) is 13.1. The Morgan fingerprint density at radius 1 is 0.633 bits per heavy atom. The number of rotatable bonds is 3. The van der Waals surface area contributed by atoms with Crippen molar-refractivity contribution >= 4 is 0 Å². The number of alkyl halides is 14. The molecule has 172 valence electrons. The lowest BCUT2D eigenvalue weighted by molar-refractivity contribution is -0.487. The predicted molar refractivity (Wildman–Crippen MR) is 69.6 cm³/mol. The van der Waals surface area contributed by atoms with Crippen LogP contribution in [0, 0.1) is 0 Å². The lowest BCUT2D eigenvalue weighted by Gasteiger charge is -2.52. The second kappa shape index (κ2) is 6.36. The van der Waals surface area contributed by atoms with Crippen molar-refractivity contribution in [1.82, 2.24) is 0 Å². The summed E-state index contributed by atoms with van der Waals surface area (Å²) in [6.45, 7) is 0. The molecule has 1 unspecified atom stereocenters. The normalized spacial score (nSPS) is 26.8. The van der Waals surface area contributed by atoms with Crippen molar-refractivity contribution < 1.29 is 66.6 Å². The molecular weight excluding hydrogens is 462 g/mol. The largest absolute Gasteiger partial charge is 0.416 e. The van der Waals surface area contributed by atoms with Crippen LogP contribution in [-0.4, -0.2) is 40.4 Å². The van der Waals surface area contributed by atoms with Crippen LogP contribution >= 0.6 is 0 Å². The van der Waals surface area contributed by atoms with E-state index in [0.717, 1.165) is 0 Å². The molecule has 2 rings (SSSR count). The van der Waals surface area contributed by atoms with Crippen molar-refractivity contribution in [2.45, 2.75) is 54.0 Å². The third-order valence-corrected chi connectivity index (χ3v) is 4.67. The summed E-state index contributed by atoms with van der Waals surface area (Å²) in [4.78, 5) is 0. The van der Waals surface area contributed by atoms with Gasteiger partial charge in [-0.2, -0.15) is 57.1 Å². The van der Waals surface area contributed by atoms with Crippen LogP contribution in [0.25, 0.3) is 0 Å². The minimum absolute atomic E-state index is 0.151. The Balaban J connectivity index is 2.55. The summed E-state index contributed by atoms with van der Waals surface area (Å²) in [6.07, 6.45) is -11.0. The Hall–Kier alpha value is -1.80. The monoisotopic (exact) mass is 470 g/mol. The summed E-state index contributed by atoms with van der Waals surface area (Å²) < 4.78 is 187. The molecule has 0 spiro atoms. The van der Waals surface area contributed by atoms with Gasteiger partial charge in [0.2, 0.25) is 0 Å². The fourth-order valence-corrected chi connectivity index (χ4v) is 2.82. The van der Waals surface area contributed by atoms with Gasteiger partial charge < -0.3 is 5.11 Å². The van der Waals surface area contributed by atoms with E-state index in [-0.39, 0.29) is 24.3 Å². The van der Waals surface area contributed by atoms with Crippen LogP contribution in [0.2, 0.25) is 0 Å². The van der Waals surface area contributed by atoms with Gasteiger partial charge in [0.15, 0.2) is 0 Å². The zero-order chi connectivity index (χ0) is 23.8. The van der Waals surface area contributed by atoms with Gasteiger partial charge >= 0.3 is 35.8 Å². The third-order valence-electron chi connectivity index (χ3n) is 4.67. The van der Waals surface area contributed by atoms with E-state index in [9.17, 15) is 66.6 Å². The number of hydrogen-bond donors (Lipinski definition) is 1. The molecule has 0 heterocycles. The first-order valence-electron chi connectivity index (χ1n) is 7.53. The number of hydrogen-bond acceptors (Lipinski definition) is 1. The van der Waals surface area contributed by atoms with Gasteiger partial charge in [-0.15, -0.1) is 0 Å². The first-order valence-corrected chi connectivity index (χ1v) is 7.53. The molecule has 0 amide bonds. The second-order valence-electron chi connectivity index (χ2n) is 6.51. The highest BCUT2D eigenvalue weighted by atomic mass is 19.4. The first kappa shape index (κ1) is 24.5. The highest BCUT2D eigenvalue weighted by Crippen LogP contribution is 2.70. The van der Waals surface area contributed by atoms with Gasteiger partial charge in [0.05, 0.1) is 11.7 Å². The van der Waals surface area contributed by atoms with Crippen molar-refractivity contribution in [3.63, 3.8) is 0 Å². The number of benzene rings is 1. The Labute approximate surface area is 157 Å². The summed E-state index contributed by atoms with van der Waals surface area (Å²) >= 11 is 0. The fraction of sp³-hybridized carbons (Fsp3) is 0.600. The van der Waals surface area contributed by atoms with E-state index in [2.05, 4.69) is 0 Å². The van der Waals surface area contributed by atoms with E-state index in [1.165, 1.54) is 0 Å². The Morgan fingerprint density at radius 2 is 0.967 bits per heavy atom. The van der Waals surface area contributed by atoms with Crippen molar-refractivity contribution in [1.29, 1.82) is 0 Å². The van der Waals surface area contributed by atoms with Crippen LogP contribution in [0.15, 0.2) is 24.3 Å². The predicted octanol–water partition coefficient (Wildman–Crippen LogP) is 6.03. The molecule has 1 aromatic carbocycles. The molecule has 0 bridgehead atoms. The van der Waals surface area contributed by atoms with Gasteiger partial charge in [0.1, 0.15) is 0 Å². The van der Waals surface area contributed by atoms with Crippen LogP contribution in [-0.2, 0) is 6.18 Å². The van der Waals surface area contributed by atoms with Gasteiger partial charge in [-0.3, -0.25) is 0 Å². The molecule has 1 saturated carbocycles. The average Bonchev–Trinajstić information content (AvgIpc) is 2.59. The molecule has 30 heavy (non-hydrogen) atoms. The summed E-state index contributed by atoms with van der Waals surface area (Å²) in [5, 5.41) is 9.60. The van der Waals surface area contributed by atoms with Crippen molar-refractivity contribution in [2.24, 2.45) is 0 Å². The summed E-state index contributed by atoms with van der Waals surface area (Å²) in [5.74, 6) is -36.3. The van der Waals surface area contributed by atoms with Crippen LogP contribution in [0.5, 0.6) is 0 Å². The van der Waals surface area contributed by atoms with E-state index in [1.807, 2.05) is 0 Å². The molecule has 1 fully saturated rings. The van der Waals surface area contributed by atoms with Crippen molar-refractivity contribution in [2.75, 3.05) is 0 Å². The quantitative estimate of drug-likeness (QED) is 0.536. The molecule has 1 atom stereocenters. The lowest BCUT2D eigenvalue weighted by atomic mass is 9.69. The maximum Gasteiger partial charge on any atom is 0.416 e. The smallest absolute Gasteiger partial charge is 0.388 e. The van der Waals surface area contributed by atoms with Gasteiger partial charge in [0.25, 0.3) is 5.67 Å². The molecule has 0 aromatic heterocycles. The fourth-order valence-electron chi connectivity index (χ4n) is 2.82. The third kappa shape index (κ3) is 2.79. The van der Waals surface area contributed by atoms with Gasteiger partial charge in [0, 0.05) is 6.42 Å². The van der Waals surface area contributed by atoms with Crippen LogP contribution < -0.4 is 0 Å². The van der Waals surface area contributed by atoms with Crippen LogP contribution in [0.3, 0.4) is 0 Å². The van der Waals surface area contributed by atoms with Crippen LogP contribution in [0.4, 0.5) is 61.5 Å². The summed E-state index contributed by atoms with van der Waals surface area (Å²) in [7, 11) is 0. The zero-order valence-electron chi connectivity index (χ0n) is 13.8. The Bertz CT molecular complexity index is 765. The molecule has 1 aliphatic carbocycles. The Morgan fingerprint density at radius 3 is 1.30 bits per heavy atom. The van der Waals surface area contributed by atoms with E-state index < -0.39 is 65.1 Å². The summed E-state index contributed by atoms with van der Waals surface area (Å²) in [5.41, 5.74) is -8.88. The molecular formula is C15H8F14O. The number of aliphatic hydroxyl groups excluding tert-OH is 1. The molecule has 15 heteroatoms. The minimum Gasteiger partial charge on any atom is -0.388 e. The molecule has 1 aromatic rings. The highest BCUT2D eigenvalue weighted by Gasteiger charge is 3.00. The molecule has 1 nitrogen and oxygen atoms in total. The van der Waals surface area contributed by atoms with Crippen LogP contribution in [0.1, 0.15) is 23.7 Å². The van der Waals surface area contributed by atoms with E-state index in [1.54, 1.807) is 0 Å². The topological polar surface area (TPSA) is 20.2 Å². The zero-order valence-corrected chi connectivity index (χ0v) is 13.8. The number of aliphatic hydroxyl groups is 1. The maximum absolute atomic E-state index is 14.5. The Kier molecular flexibility index (Phi) is 5.18. The van der Waals surface area contributed by atoms with Crippen molar-refractivity contribution in [3.8, 4) is 0 Å². The van der Waals surface area contributed by atoms with E-state index in [0.29, 0.717) is 0 Å². The summed E-state index contributed by atoms with van der Waals surface area (Å²) in [6, 6.07) is 0.775. The molecule has 0 aliphatic heterocycles. The van der Waals surface area contributed by atoms with Gasteiger partial charge in [-0.05, 0) is 17.7 Å². The standard InChI is InChI=1S/C15H8F14O/c16-9(5-8(30)6-1-3-7(4-2-6)10(17,18)19)11(20,21)13(24,25)15(28,29)14(26,27)12(9,22)23/h1-4,8,30H,5H2. The molecule has 1 aliphatic rings. The second-order valence-corrected chi connectivity index (χ2v) is 6.51. The number of halogens is 14. The lowest BCUT2D eigenvalue weighted by Crippen LogP contribution is -2.83. The molecule has 0 radical (unpaired) electrons. The molecule has 0 saturated heterocycles. The SMILES string of the molecule is OC(CC1(F)C(F)(F)C(F)(F)C(F)(F)C(F)(F)C1(F)F)c1ccc(C(F)(F)F)cc1. The van der Waals surface area contributed by atoms with Gasteiger partial charge in [-0.1, -0.05) is 12.1 Å². The van der Waals surface area contributed by atoms with Gasteiger partial charge in [-0.25, -0.2) is 4.39 Å². The van der Waals surface area contributed by atoms with E-state index >= 15 is 0 Å². The average molecular weight is 470 g/mol. The van der Waals surface area contributed by atoms with Crippen molar-refractivity contribution in [3.05, 3.63) is 35.4 Å². The minimum atomic E-state index is -7.39. The van der Waals surface area contributed by atoms with E-state index in [4.69, 9.17) is 0 Å².